The van der Waals surface area contributed by atoms with Crippen molar-refractivity contribution in [2.45, 2.75) is 174 Å². The summed E-state index contributed by atoms with van der Waals surface area (Å²) in [6, 6.07) is 1.48. The number of hydrogen-bond donors (Lipinski definition) is 0. The molecule has 1 unspecified atom stereocenters. The molecule has 240 valence electrons. The van der Waals surface area contributed by atoms with Gasteiger partial charge in [-0.2, -0.15) is 0 Å². The molecule has 0 aromatic rings. The van der Waals surface area contributed by atoms with Gasteiger partial charge in [-0.25, -0.2) is 0 Å². The van der Waals surface area contributed by atoms with Crippen molar-refractivity contribution in [2.75, 3.05) is 20.3 Å². The molecule has 0 bridgehead atoms. The Hall–Kier alpha value is 0.106. The Morgan fingerprint density at radius 3 is 2.07 bits per heavy atom. The van der Waals surface area contributed by atoms with Crippen molar-refractivity contribution < 1.29 is 19.0 Å². The topological polar surface area (TPSA) is 48.0 Å². The van der Waals surface area contributed by atoms with Crippen LogP contribution in [0.1, 0.15) is 105 Å². The van der Waals surface area contributed by atoms with E-state index in [1.54, 1.807) is 0 Å². The molecule has 5 nitrogen and oxygen atoms in total. The standard InChI is InChI=1S/C22H40NO4Si.3C4H9.Sn/c1-8-18-21(26-14-15-28(5,6)7)17(16-20(24)27-18)23-13-11-12-19(23)22(9-2,10-3)25-4;3*1-3-4-2;/h1,8,17-19,21H,9-16H2,2-7H3;3*1,3-4H2,2H3;/t17?,18-,19+,21-;;;;/m1..../s1. The summed E-state index contributed by atoms with van der Waals surface area (Å²) >= 11 is -2.55. The first-order chi connectivity index (χ1) is 19.5. The van der Waals surface area contributed by atoms with Gasteiger partial charge in [-0.15, -0.1) is 0 Å². The Morgan fingerprint density at radius 2 is 1.59 bits per heavy atom. The van der Waals surface area contributed by atoms with E-state index < -0.39 is 26.5 Å². The van der Waals surface area contributed by atoms with Gasteiger partial charge in [0.2, 0.25) is 0 Å². The van der Waals surface area contributed by atoms with Gasteiger partial charge in [0.1, 0.15) is 0 Å². The maximum atomic E-state index is 13.3. The molecule has 2 aliphatic rings. The molecule has 0 spiro atoms. The molecule has 0 N–H and O–H groups in total. The predicted octanol–water partition coefficient (Wildman–Crippen LogP) is 9.01. The Labute approximate surface area is 259 Å². The van der Waals surface area contributed by atoms with Crippen molar-refractivity contribution >= 4 is 32.4 Å². The first-order valence-electron chi connectivity index (χ1n) is 17.4. The average Bonchev–Trinajstić information content (AvgIpc) is 3.44. The number of methoxy groups -OCH3 is 1. The van der Waals surface area contributed by atoms with Gasteiger partial charge in [0, 0.05) is 0 Å². The SMILES string of the molecule is CCC[CH2][Sn](/[CH]=C/[C@H]1OC(=O)CC(N2CCC[C@H]2C(CC)(CC)OC)[C@H]1OCC[Si](C)(C)C)([CH2]CCC)[CH2]CCC. The summed E-state index contributed by atoms with van der Waals surface area (Å²) in [5.74, 6) is -0.0622. The van der Waals surface area contributed by atoms with Crippen LogP contribution in [0.5, 0.6) is 0 Å². The van der Waals surface area contributed by atoms with Crippen LogP contribution in [0.25, 0.3) is 0 Å². The zero-order valence-corrected chi connectivity index (χ0v) is 32.4. The van der Waals surface area contributed by atoms with Gasteiger partial charge in [-0.3, -0.25) is 0 Å². The van der Waals surface area contributed by atoms with Crippen LogP contribution in [0.4, 0.5) is 0 Å². The molecule has 0 aromatic heterocycles. The van der Waals surface area contributed by atoms with E-state index in [1.165, 1.54) is 51.8 Å². The van der Waals surface area contributed by atoms with E-state index in [4.69, 9.17) is 14.2 Å². The molecule has 2 fully saturated rings. The molecule has 2 aliphatic heterocycles. The summed E-state index contributed by atoms with van der Waals surface area (Å²) in [6.07, 6.45) is 14.4. The molecular weight excluding hydrogens is 633 g/mol. The van der Waals surface area contributed by atoms with E-state index in [2.05, 4.69) is 69.3 Å². The number of rotatable bonds is 20. The van der Waals surface area contributed by atoms with Crippen LogP contribution in [0, 0.1) is 0 Å². The van der Waals surface area contributed by atoms with Crippen LogP contribution >= 0.6 is 0 Å². The number of cyclic esters (lactones) is 1. The van der Waals surface area contributed by atoms with E-state index in [-0.39, 0.29) is 29.8 Å². The average molecular weight is 701 g/mol. The summed E-state index contributed by atoms with van der Waals surface area (Å²) in [7, 11) is 0.618. The fourth-order valence-electron chi connectivity index (χ4n) is 7.34. The second-order valence-corrected chi connectivity index (χ2v) is 32.9. The zero-order valence-electron chi connectivity index (χ0n) is 28.6. The third kappa shape index (κ3) is 10.9. The molecular formula is C34H67NO4SiSn. The molecule has 0 radical (unpaired) electrons. The minimum atomic E-state index is -2.55. The van der Waals surface area contributed by atoms with Gasteiger partial charge in [0.05, 0.1) is 0 Å². The third-order valence-corrected chi connectivity index (χ3v) is 26.0. The molecule has 41 heavy (non-hydrogen) atoms. The molecule has 0 saturated carbocycles. The van der Waals surface area contributed by atoms with Crippen LogP contribution in [0.3, 0.4) is 0 Å². The van der Waals surface area contributed by atoms with E-state index >= 15 is 0 Å². The molecule has 2 rings (SSSR count). The number of hydrogen-bond acceptors (Lipinski definition) is 5. The van der Waals surface area contributed by atoms with Crippen molar-refractivity contribution in [3.8, 4) is 0 Å². The second kappa shape index (κ2) is 18.2. The van der Waals surface area contributed by atoms with Crippen LogP contribution in [-0.2, 0) is 19.0 Å². The van der Waals surface area contributed by atoms with Gasteiger partial charge in [-0.1, -0.05) is 0 Å². The van der Waals surface area contributed by atoms with Crippen LogP contribution < -0.4 is 0 Å². The van der Waals surface area contributed by atoms with E-state index in [9.17, 15) is 4.79 Å². The van der Waals surface area contributed by atoms with Gasteiger partial charge in [-0.05, 0) is 0 Å². The number of carbonyl (C=O) groups excluding carboxylic acids is 1. The number of ether oxygens (including phenoxy) is 3. The van der Waals surface area contributed by atoms with Gasteiger partial charge in [0.25, 0.3) is 0 Å². The van der Waals surface area contributed by atoms with Crippen molar-refractivity contribution in [3.05, 3.63) is 10.2 Å². The van der Waals surface area contributed by atoms with Crippen molar-refractivity contribution in [3.63, 3.8) is 0 Å². The number of carbonyl (C=O) groups is 1. The first kappa shape index (κ1) is 37.3. The molecule has 4 atom stereocenters. The fraction of sp³-hybridized carbons (Fsp3) is 0.912. The predicted molar refractivity (Wildman–Crippen MR) is 180 cm³/mol. The Bertz CT molecular complexity index is 751. The van der Waals surface area contributed by atoms with Crippen molar-refractivity contribution in [2.24, 2.45) is 0 Å². The summed E-state index contributed by atoms with van der Waals surface area (Å²) in [5.41, 5.74) is -0.182. The van der Waals surface area contributed by atoms with Gasteiger partial charge >= 0.3 is 261 Å². The van der Waals surface area contributed by atoms with Crippen LogP contribution in [0.2, 0.25) is 39.0 Å². The molecule has 0 aliphatic carbocycles. The monoisotopic (exact) mass is 701 g/mol. The van der Waals surface area contributed by atoms with Crippen molar-refractivity contribution in [1.82, 2.24) is 4.90 Å². The summed E-state index contributed by atoms with van der Waals surface area (Å²) in [6.45, 7) is 20.5. The first-order valence-corrected chi connectivity index (χ1v) is 28.8. The molecule has 0 amide bonds. The zero-order chi connectivity index (χ0) is 30.5. The number of esters is 1. The second-order valence-electron chi connectivity index (χ2n) is 14.3. The molecule has 0 aromatic carbocycles. The third-order valence-electron chi connectivity index (χ3n) is 10.2. The van der Waals surface area contributed by atoms with Crippen LogP contribution in [-0.4, -0.2) is 87.5 Å². The quantitative estimate of drug-likeness (QED) is 0.0938. The molecule has 2 heterocycles. The van der Waals surface area contributed by atoms with E-state index in [0.717, 1.165) is 44.9 Å². The normalized spacial score (nSPS) is 24.9. The van der Waals surface area contributed by atoms with Gasteiger partial charge < -0.3 is 0 Å². The van der Waals surface area contributed by atoms with Crippen molar-refractivity contribution in [1.29, 1.82) is 0 Å². The van der Waals surface area contributed by atoms with E-state index in [0.29, 0.717) is 12.5 Å². The fourth-order valence-corrected chi connectivity index (χ4v) is 22.4. The minimum absolute atomic E-state index is 0.0409. The maximum absolute atomic E-state index is 13.3. The van der Waals surface area contributed by atoms with Crippen LogP contribution in [0.15, 0.2) is 10.2 Å². The van der Waals surface area contributed by atoms with E-state index in [1.807, 2.05) is 7.11 Å². The molecule has 2 saturated heterocycles. The Balaban J connectivity index is 2.47. The summed E-state index contributed by atoms with van der Waals surface area (Å²) in [4.78, 5) is 15.9. The Morgan fingerprint density at radius 1 is 1.00 bits per heavy atom. The number of likely N-dealkylation sites (tertiary alicyclic amines) is 1. The number of unbranched alkanes of at least 4 members (excludes halogenated alkanes) is 3. The molecule has 7 heteroatoms. The summed E-state index contributed by atoms with van der Waals surface area (Å²) < 4.78 is 26.3. The number of nitrogens with zero attached hydrogens (tertiary/aromatic N) is 1. The Kier molecular flexibility index (Phi) is 16.5. The van der Waals surface area contributed by atoms with Gasteiger partial charge in [0.15, 0.2) is 0 Å². The summed E-state index contributed by atoms with van der Waals surface area (Å²) in [5, 5.41) is 0.